The van der Waals surface area contributed by atoms with Crippen LogP contribution in [0, 0.1) is 11.6 Å². The van der Waals surface area contributed by atoms with E-state index in [1.54, 1.807) is 30.3 Å². The van der Waals surface area contributed by atoms with Crippen molar-refractivity contribution >= 4 is 5.84 Å². The van der Waals surface area contributed by atoms with Crippen molar-refractivity contribution in [3.05, 3.63) is 59.7 Å². The highest BCUT2D eigenvalue weighted by atomic mass is 19.1. The minimum Gasteiger partial charge on any atom is -0.451 e. The second kappa shape index (κ2) is 6.11. The zero-order valence-electron chi connectivity index (χ0n) is 11.7. The third-order valence-corrected chi connectivity index (χ3v) is 3.37. The number of nitrogens with two attached hydrogens (primary N) is 1. The van der Waals surface area contributed by atoms with Crippen LogP contribution in [0.1, 0.15) is 11.6 Å². The lowest BCUT2D eigenvalue weighted by molar-refractivity contribution is 0.403. The normalized spacial score (nSPS) is 15.1. The fourth-order valence-electron chi connectivity index (χ4n) is 2.26. The van der Waals surface area contributed by atoms with Crippen LogP contribution in [0.5, 0.6) is 11.5 Å². The van der Waals surface area contributed by atoms with Gasteiger partial charge in [0.1, 0.15) is 11.6 Å². The Labute approximate surface area is 126 Å². The fraction of sp³-hybridized carbons (Fsp3) is 0.188. The van der Waals surface area contributed by atoms with Gasteiger partial charge >= 0.3 is 0 Å². The molecule has 6 heteroatoms. The van der Waals surface area contributed by atoms with Crippen molar-refractivity contribution in [3.63, 3.8) is 0 Å². The van der Waals surface area contributed by atoms with Crippen LogP contribution in [0.25, 0.3) is 0 Å². The largest absolute Gasteiger partial charge is 0.451 e. The molecule has 1 aliphatic rings. The summed E-state index contributed by atoms with van der Waals surface area (Å²) < 4.78 is 33.8. The van der Waals surface area contributed by atoms with Crippen molar-refractivity contribution in [1.29, 1.82) is 0 Å². The molecule has 0 amide bonds. The van der Waals surface area contributed by atoms with Crippen LogP contribution in [0.2, 0.25) is 0 Å². The van der Waals surface area contributed by atoms with E-state index in [0.717, 1.165) is 6.07 Å². The predicted molar refractivity (Wildman–Crippen MR) is 80.1 cm³/mol. The molecular formula is C16H15F2N3O. The number of hydrogen-bond donors (Lipinski definition) is 2. The first-order valence-corrected chi connectivity index (χ1v) is 6.91. The standard InChI is InChI=1S/C16H15F2N3O/c17-12-7-6-11(14(19)16-20-8-9-21-16)13(18)15(12)22-10-4-2-1-3-5-10/h1-7,14H,8-9,19H2,(H,20,21). The predicted octanol–water partition coefficient (Wildman–Crippen LogP) is 2.76. The first kappa shape index (κ1) is 14.5. The maximum Gasteiger partial charge on any atom is 0.198 e. The Bertz CT molecular complexity index is 704. The summed E-state index contributed by atoms with van der Waals surface area (Å²) in [6.07, 6.45) is 0. The van der Waals surface area contributed by atoms with Gasteiger partial charge in [0, 0.05) is 12.1 Å². The monoisotopic (exact) mass is 303 g/mol. The second-order valence-electron chi connectivity index (χ2n) is 4.87. The number of amidine groups is 1. The number of nitrogens with zero attached hydrogens (tertiary/aromatic N) is 1. The van der Waals surface area contributed by atoms with Gasteiger partial charge in [0.2, 0.25) is 0 Å². The number of nitrogens with one attached hydrogen (secondary N) is 1. The van der Waals surface area contributed by atoms with Crippen molar-refractivity contribution in [3.8, 4) is 11.5 Å². The lowest BCUT2D eigenvalue weighted by Gasteiger charge is -2.16. The summed E-state index contributed by atoms with van der Waals surface area (Å²) >= 11 is 0. The molecule has 4 nitrogen and oxygen atoms in total. The van der Waals surface area contributed by atoms with Gasteiger partial charge in [0.05, 0.1) is 12.6 Å². The molecule has 2 aromatic rings. The molecule has 1 atom stereocenters. The van der Waals surface area contributed by atoms with Crippen LogP contribution < -0.4 is 15.8 Å². The molecule has 0 saturated heterocycles. The first-order valence-electron chi connectivity index (χ1n) is 6.91. The summed E-state index contributed by atoms with van der Waals surface area (Å²) in [5, 5.41) is 2.99. The fourth-order valence-corrected chi connectivity index (χ4v) is 2.26. The van der Waals surface area contributed by atoms with Gasteiger partial charge in [-0.1, -0.05) is 24.3 Å². The van der Waals surface area contributed by atoms with Gasteiger partial charge in [-0.15, -0.1) is 0 Å². The van der Waals surface area contributed by atoms with Gasteiger partial charge in [-0.25, -0.2) is 8.78 Å². The van der Waals surface area contributed by atoms with E-state index in [-0.39, 0.29) is 5.56 Å². The van der Waals surface area contributed by atoms with Crippen LogP contribution >= 0.6 is 0 Å². The Morgan fingerprint density at radius 3 is 2.59 bits per heavy atom. The van der Waals surface area contributed by atoms with E-state index in [4.69, 9.17) is 10.5 Å². The van der Waals surface area contributed by atoms with Crippen molar-refractivity contribution in [2.75, 3.05) is 13.1 Å². The van der Waals surface area contributed by atoms with Crippen LogP contribution in [0.15, 0.2) is 47.5 Å². The molecular weight excluding hydrogens is 288 g/mol. The molecule has 114 valence electrons. The summed E-state index contributed by atoms with van der Waals surface area (Å²) in [6, 6.07) is 10.1. The number of para-hydroxylation sites is 1. The van der Waals surface area contributed by atoms with Gasteiger partial charge in [-0.3, -0.25) is 4.99 Å². The lowest BCUT2D eigenvalue weighted by atomic mass is 10.1. The number of rotatable bonds is 4. The SMILES string of the molecule is NC(C1=NCCN1)c1ccc(F)c(Oc2ccccc2)c1F. The molecule has 0 bridgehead atoms. The van der Waals surface area contributed by atoms with Crippen molar-refractivity contribution in [2.45, 2.75) is 6.04 Å². The molecule has 0 aromatic heterocycles. The van der Waals surface area contributed by atoms with Crippen LogP contribution in [0.4, 0.5) is 8.78 Å². The highest BCUT2D eigenvalue weighted by Gasteiger charge is 2.24. The minimum absolute atomic E-state index is 0.139. The molecule has 0 spiro atoms. The number of ether oxygens (including phenoxy) is 1. The molecule has 1 unspecified atom stereocenters. The molecule has 2 aromatic carbocycles. The van der Waals surface area contributed by atoms with Crippen molar-refractivity contribution in [1.82, 2.24) is 5.32 Å². The zero-order valence-corrected chi connectivity index (χ0v) is 11.7. The third kappa shape index (κ3) is 2.78. The lowest BCUT2D eigenvalue weighted by Crippen LogP contribution is -2.31. The Morgan fingerprint density at radius 1 is 1.14 bits per heavy atom. The topological polar surface area (TPSA) is 59.6 Å². The van der Waals surface area contributed by atoms with E-state index in [1.807, 2.05) is 0 Å². The molecule has 3 N–H and O–H groups in total. The first-order chi connectivity index (χ1) is 10.7. The second-order valence-corrected chi connectivity index (χ2v) is 4.87. The zero-order chi connectivity index (χ0) is 15.5. The number of hydrogen-bond acceptors (Lipinski definition) is 4. The van der Waals surface area contributed by atoms with Crippen molar-refractivity contribution < 1.29 is 13.5 Å². The van der Waals surface area contributed by atoms with Gasteiger partial charge in [0.15, 0.2) is 17.4 Å². The Kier molecular flexibility index (Phi) is 4.02. The number of aliphatic imine (C=N–C) groups is 1. The van der Waals surface area contributed by atoms with Gasteiger partial charge in [-0.2, -0.15) is 0 Å². The Balaban J connectivity index is 1.95. The summed E-state index contributed by atoms with van der Waals surface area (Å²) in [4.78, 5) is 4.17. The average molecular weight is 303 g/mol. The van der Waals surface area contributed by atoms with E-state index in [1.165, 1.54) is 6.07 Å². The molecule has 1 heterocycles. The van der Waals surface area contributed by atoms with Gasteiger partial charge < -0.3 is 15.8 Å². The molecule has 0 radical (unpaired) electrons. The summed E-state index contributed by atoms with van der Waals surface area (Å²) in [5.41, 5.74) is 6.14. The van der Waals surface area contributed by atoms with E-state index in [2.05, 4.69) is 10.3 Å². The molecule has 0 saturated carbocycles. The molecule has 1 aliphatic heterocycles. The van der Waals surface area contributed by atoms with E-state index >= 15 is 0 Å². The Hall–Kier alpha value is -2.47. The van der Waals surface area contributed by atoms with E-state index < -0.39 is 23.4 Å². The average Bonchev–Trinajstić information content (AvgIpc) is 3.06. The van der Waals surface area contributed by atoms with E-state index in [9.17, 15) is 8.78 Å². The highest BCUT2D eigenvalue weighted by Crippen LogP contribution is 2.31. The number of halogens is 2. The van der Waals surface area contributed by atoms with E-state index in [0.29, 0.717) is 24.7 Å². The molecule has 3 rings (SSSR count). The van der Waals surface area contributed by atoms with Crippen LogP contribution in [0.3, 0.4) is 0 Å². The summed E-state index contributed by atoms with van der Waals surface area (Å²) in [5.74, 6) is -1.21. The quantitative estimate of drug-likeness (QED) is 0.913. The Morgan fingerprint density at radius 2 is 1.91 bits per heavy atom. The smallest absolute Gasteiger partial charge is 0.198 e. The maximum atomic E-state index is 14.6. The summed E-state index contributed by atoms with van der Waals surface area (Å²) in [7, 11) is 0. The maximum absolute atomic E-state index is 14.6. The number of benzene rings is 2. The van der Waals surface area contributed by atoms with Crippen molar-refractivity contribution in [2.24, 2.45) is 10.7 Å². The molecule has 22 heavy (non-hydrogen) atoms. The molecule has 0 aliphatic carbocycles. The van der Waals surface area contributed by atoms with Gasteiger partial charge in [-0.05, 0) is 18.2 Å². The third-order valence-electron chi connectivity index (χ3n) is 3.37. The molecule has 0 fully saturated rings. The van der Waals surface area contributed by atoms with Gasteiger partial charge in [0.25, 0.3) is 0 Å². The summed E-state index contributed by atoms with van der Waals surface area (Å²) in [6.45, 7) is 1.26. The van der Waals surface area contributed by atoms with Crippen LogP contribution in [-0.2, 0) is 0 Å². The highest BCUT2D eigenvalue weighted by molar-refractivity contribution is 5.89. The minimum atomic E-state index is -0.812. The van der Waals surface area contributed by atoms with Crippen LogP contribution in [-0.4, -0.2) is 18.9 Å².